The average Bonchev–Trinajstić information content (AvgIpc) is 3.30. The van der Waals surface area contributed by atoms with E-state index in [-0.39, 0.29) is 0 Å². The molecule has 1 fully saturated rings. The van der Waals surface area contributed by atoms with Gasteiger partial charge in [0.25, 0.3) is 0 Å². The highest BCUT2D eigenvalue weighted by molar-refractivity contribution is 5.80. The zero-order chi connectivity index (χ0) is 21.6. The van der Waals surface area contributed by atoms with Gasteiger partial charge in [-0.2, -0.15) is 0 Å². The number of benzene rings is 2. The number of nitrogens with one attached hydrogen (secondary N) is 1. The molecule has 0 spiro atoms. The normalized spacial score (nSPS) is 18.7. The second kappa shape index (κ2) is 9.94. The summed E-state index contributed by atoms with van der Waals surface area (Å²) >= 11 is 0. The van der Waals surface area contributed by atoms with E-state index >= 15 is 0 Å². The van der Waals surface area contributed by atoms with Crippen molar-refractivity contribution in [3.63, 3.8) is 0 Å². The van der Waals surface area contributed by atoms with Crippen molar-refractivity contribution in [1.82, 2.24) is 10.2 Å². The summed E-state index contributed by atoms with van der Waals surface area (Å²) in [7, 11) is 3.38. The molecule has 1 saturated heterocycles. The Labute approximate surface area is 185 Å². The third-order valence-corrected chi connectivity index (χ3v) is 6.26. The van der Waals surface area contributed by atoms with E-state index in [4.69, 9.17) is 14.5 Å². The number of hydrogen-bond donors (Lipinski definition) is 1. The van der Waals surface area contributed by atoms with Crippen LogP contribution in [0.25, 0.3) is 0 Å². The minimum atomic E-state index is 0.593. The molecule has 31 heavy (non-hydrogen) atoms. The van der Waals surface area contributed by atoms with E-state index in [0.717, 1.165) is 63.1 Å². The van der Waals surface area contributed by atoms with E-state index < -0.39 is 0 Å². The zero-order valence-electron chi connectivity index (χ0n) is 18.9. The first-order valence-corrected chi connectivity index (χ1v) is 11.3. The van der Waals surface area contributed by atoms with Crippen LogP contribution in [0.4, 0.5) is 5.69 Å². The van der Waals surface area contributed by atoms with Gasteiger partial charge >= 0.3 is 0 Å². The fraction of sp³-hybridized carbons (Fsp3) is 0.480. The summed E-state index contributed by atoms with van der Waals surface area (Å²) in [6.07, 6.45) is 2.17. The lowest BCUT2D eigenvalue weighted by Crippen LogP contribution is -2.44. The Balaban J connectivity index is 1.43. The molecule has 6 nitrogen and oxygen atoms in total. The molecule has 6 heteroatoms. The lowest BCUT2D eigenvalue weighted by Gasteiger charge is -2.32. The highest BCUT2D eigenvalue weighted by atomic mass is 16.5. The first kappa shape index (κ1) is 21.3. The zero-order valence-corrected chi connectivity index (χ0v) is 18.9. The molecule has 2 aliphatic rings. The minimum Gasteiger partial charge on any atom is -0.493 e. The van der Waals surface area contributed by atoms with E-state index in [1.165, 1.54) is 23.2 Å². The molecule has 0 radical (unpaired) electrons. The molecule has 0 amide bonds. The van der Waals surface area contributed by atoms with Gasteiger partial charge in [0.1, 0.15) is 0 Å². The minimum absolute atomic E-state index is 0.593. The van der Waals surface area contributed by atoms with Crippen LogP contribution in [-0.2, 0) is 13.0 Å². The Morgan fingerprint density at radius 3 is 2.52 bits per heavy atom. The molecule has 2 aromatic carbocycles. The van der Waals surface area contributed by atoms with Gasteiger partial charge in [0.2, 0.25) is 0 Å². The monoisotopic (exact) mass is 422 g/mol. The van der Waals surface area contributed by atoms with Crippen LogP contribution in [0, 0.1) is 5.92 Å². The van der Waals surface area contributed by atoms with E-state index in [2.05, 4.69) is 64.5 Å². The SMILES string of the molecule is CCNC(=NCC1CCN(c2ccccc2)C1)N1CCc2cc(OC)c(OC)cc2C1. The highest BCUT2D eigenvalue weighted by Crippen LogP contribution is 2.33. The van der Waals surface area contributed by atoms with Crippen molar-refractivity contribution in [3.05, 3.63) is 53.6 Å². The highest BCUT2D eigenvalue weighted by Gasteiger charge is 2.24. The van der Waals surface area contributed by atoms with Gasteiger partial charge in [0.15, 0.2) is 17.5 Å². The smallest absolute Gasteiger partial charge is 0.194 e. The van der Waals surface area contributed by atoms with Crippen molar-refractivity contribution in [2.24, 2.45) is 10.9 Å². The molecule has 1 atom stereocenters. The number of anilines is 1. The van der Waals surface area contributed by atoms with Crippen molar-refractivity contribution in [3.8, 4) is 11.5 Å². The molecule has 0 bridgehead atoms. The molecular weight excluding hydrogens is 388 g/mol. The fourth-order valence-electron chi connectivity index (χ4n) is 4.56. The Morgan fingerprint density at radius 1 is 1.06 bits per heavy atom. The Bertz CT molecular complexity index is 900. The quantitative estimate of drug-likeness (QED) is 0.570. The third-order valence-electron chi connectivity index (χ3n) is 6.26. The average molecular weight is 423 g/mol. The molecule has 1 N–H and O–H groups in total. The maximum absolute atomic E-state index is 5.51. The topological polar surface area (TPSA) is 49.3 Å². The van der Waals surface area contributed by atoms with Crippen LogP contribution >= 0.6 is 0 Å². The Kier molecular flexibility index (Phi) is 6.85. The van der Waals surface area contributed by atoms with Crippen LogP contribution in [0.15, 0.2) is 47.5 Å². The lowest BCUT2D eigenvalue weighted by molar-refractivity contribution is 0.345. The van der Waals surface area contributed by atoms with Crippen molar-refractivity contribution in [2.45, 2.75) is 26.3 Å². The predicted octanol–water partition coefficient (Wildman–Crippen LogP) is 3.55. The van der Waals surface area contributed by atoms with Crippen LogP contribution in [0.5, 0.6) is 11.5 Å². The molecule has 0 aliphatic carbocycles. The summed E-state index contributed by atoms with van der Waals surface area (Å²) in [4.78, 5) is 9.88. The molecule has 0 saturated carbocycles. The number of aliphatic imine (C=N–C) groups is 1. The number of methoxy groups -OCH3 is 2. The van der Waals surface area contributed by atoms with Crippen molar-refractivity contribution < 1.29 is 9.47 Å². The van der Waals surface area contributed by atoms with E-state index in [1.54, 1.807) is 14.2 Å². The van der Waals surface area contributed by atoms with Gasteiger partial charge in [-0.1, -0.05) is 18.2 Å². The summed E-state index contributed by atoms with van der Waals surface area (Å²) in [6.45, 7) is 7.84. The summed E-state index contributed by atoms with van der Waals surface area (Å²) in [5.41, 5.74) is 3.93. The summed E-state index contributed by atoms with van der Waals surface area (Å²) in [5, 5.41) is 3.51. The predicted molar refractivity (Wildman–Crippen MR) is 126 cm³/mol. The number of fused-ring (bicyclic) bond motifs is 1. The molecule has 0 aromatic heterocycles. The standard InChI is InChI=1S/C25H34N4O2/c1-4-26-25(27-16-19-10-12-28(17-19)22-8-6-5-7-9-22)29-13-11-20-14-23(30-2)24(31-3)15-21(20)18-29/h5-9,14-15,19H,4,10-13,16-18H2,1-3H3,(H,26,27). The first-order chi connectivity index (χ1) is 15.2. The molecule has 2 heterocycles. The summed E-state index contributed by atoms with van der Waals surface area (Å²) in [6, 6.07) is 14.9. The van der Waals surface area contributed by atoms with E-state index in [9.17, 15) is 0 Å². The Morgan fingerprint density at radius 2 is 1.81 bits per heavy atom. The Hall–Kier alpha value is -2.89. The van der Waals surface area contributed by atoms with Crippen molar-refractivity contribution >= 4 is 11.6 Å². The molecule has 2 aromatic rings. The lowest BCUT2D eigenvalue weighted by atomic mass is 9.99. The van der Waals surface area contributed by atoms with E-state index in [0.29, 0.717) is 5.92 Å². The van der Waals surface area contributed by atoms with E-state index in [1.807, 2.05) is 0 Å². The van der Waals surface area contributed by atoms with Crippen molar-refractivity contribution in [1.29, 1.82) is 0 Å². The van der Waals surface area contributed by atoms with Gasteiger partial charge in [0, 0.05) is 45.0 Å². The first-order valence-electron chi connectivity index (χ1n) is 11.3. The van der Waals surface area contributed by atoms with Gasteiger partial charge in [-0.15, -0.1) is 0 Å². The molecule has 166 valence electrons. The number of guanidine groups is 1. The maximum atomic E-state index is 5.51. The second-order valence-corrected chi connectivity index (χ2v) is 8.28. The third kappa shape index (κ3) is 4.89. The van der Waals surface area contributed by atoms with Gasteiger partial charge in [-0.3, -0.25) is 4.99 Å². The molecule has 2 aliphatic heterocycles. The fourth-order valence-corrected chi connectivity index (χ4v) is 4.56. The van der Waals surface area contributed by atoms with Crippen molar-refractivity contribution in [2.75, 3.05) is 51.8 Å². The largest absolute Gasteiger partial charge is 0.493 e. The number of nitrogens with zero attached hydrogens (tertiary/aromatic N) is 3. The van der Waals surface area contributed by atoms with Gasteiger partial charge < -0.3 is 24.6 Å². The van der Waals surface area contributed by atoms with Crippen LogP contribution in [0.2, 0.25) is 0 Å². The van der Waals surface area contributed by atoms with Crippen LogP contribution in [0.1, 0.15) is 24.5 Å². The van der Waals surface area contributed by atoms with Crippen LogP contribution in [0.3, 0.4) is 0 Å². The van der Waals surface area contributed by atoms with Crippen LogP contribution in [-0.4, -0.2) is 57.8 Å². The molecule has 4 rings (SSSR count). The van der Waals surface area contributed by atoms with Gasteiger partial charge in [-0.25, -0.2) is 0 Å². The second-order valence-electron chi connectivity index (χ2n) is 8.28. The number of ether oxygens (including phenoxy) is 2. The maximum Gasteiger partial charge on any atom is 0.194 e. The molecule has 1 unspecified atom stereocenters. The number of rotatable bonds is 6. The van der Waals surface area contributed by atoms with Gasteiger partial charge in [0.05, 0.1) is 14.2 Å². The summed E-state index contributed by atoms with van der Waals surface area (Å²) < 4.78 is 11.0. The molecular formula is C25H34N4O2. The number of hydrogen-bond acceptors (Lipinski definition) is 4. The number of para-hydroxylation sites is 1. The van der Waals surface area contributed by atoms with Gasteiger partial charge in [-0.05, 0) is 61.1 Å². The summed E-state index contributed by atoms with van der Waals surface area (Å²) in [5.74, 6) is 3.20. The van der Waals surface area contributed by atoms with Crippen LogP contribution < -0.4 is 19.7 Å².